The molecule has 0 spiro atoms. The molecule has 0 amide bonds. The van der Waals surface area contributed by atoms with Gasteiger partial charge in [-0.25, -0.2) is 0 Å². The van der Waals surface area contributed by atoms with Crippen LogP contribution >= 0.6 is 0 Å². The first kappa shape index (κ1) is 13.6. The molecule has 0 aromatic heterocycles. The van der Waals surface area contributed by atoms with Gasteiger partial charge < -0.3 is 4.74 Å². The molecule has 3 nitrogen and oxygen atoms in total. The molecule has 0 aliphatic carbocycles. The molecular formula is C17H23NO2. The van der Waals surface area contributed by atoms with E-state index in [1.165, 1.54) is 12.0 Å². The van der Waals surface area contributed by atoms with Gasteiger partial charge in [-0.15, -0.1) is 0 Å². The number of hydrogen-bond donors (Lipinski definition) is 0. The van der Waals surface area contributed by atoms with Crippen molar-refractivity contribution in [3.63, 3.8) is 0 Å². The first-order chi connectivity index (χ1) is 9.72. The molecule has 4 atom stereocenters. The van der Waals surface area contributed by atoms with E-state index in [4.69, 9.17) is 4.74 Å². The van der Waals surface area contributed by atoms with Crippen LogP contribution in [-0.2, 0) is 9.53 Å². The Morgan fingerprint density at radius 3 is 2.75 bits per heavy atom. The van der Waals surface area contributed by atoms with E-state index in [-0.39, 0.29) is 11.9 Å². The average Bonchev–Trinajstić information content (AvgIpc) is 2.72. The number of benzene rings is 1. The minimum atomic E-state index is -0.0152. The SMILES string of the molecule is CCOC(=O)C1C(c2ccccc2)CC2CCC1N2C. The molecule has 2 heterocycles. The Bertz CT molecular complexity index is 473. The molecule has 0 N–H and O–H groups in total. The van der Waals surface area contributed by atoms with Gasteiger partial charge in [-0.1, -0.05) is 30.3 Å². The van der Waals surface area contributed by atoms with E-state index in [1.807, 2.05) is 13.0 Å². The van der Waals surface area contributed by atoms with Gasteiger partial charge >= 0.3 is 5.97 Å². The van der Waals surface area contributed by atoms with Gasteiger partial charge in [0.05, 0.1) is 12.5 Å². The van der Waals surface area contributed by atoms with Crippen molar-refractivity contribution in [2.45, 2.75) is 44.2 Å². The Labute approximate surface area is 120 Å². The number of fused-ring (bicyclic) bond motifs is 2. The summed E-state index contributed by atoms with van der Waals surface area (Å²) in [5, 5.41) is 0. The van der Waals surface area contributed by atoms with E-state index < -0.39 is 0 Å². The zero-order valence-corrected chi connectivity index (χ0v) is 12.3. The molecular weight excluding hydrogens is 250 g/mol. The first-order valence-corrected chi connectivity index (χ1v) is 7.66. The fourth-order valence-corrected chi connectivity index (χ4v) is 4.07. The number of nitrogens with zero attached hydrogens (tertiary/aromatic N) is 1. The maximum Gasteiger partial charge on any atom is 0.311 e. The Morgan fingerprint density at radius 2 is 2.05 bits per heavy atom. The van der Waals surface area contributed by atoms with Crippen molar-refractivity contribution in [1.29, 1.82) is 0 Å². The van der Waals surface area contributed by atoms with Gasteiger partial charge in [-0.2, -0.15) is 0 Å². The van der Waals surface area contributed by atoms with Crippen LogP contribution in [0.15, 0.2) is 30.3 Å². The largest absolute Gasteiger partial charge is 0.466 e. The Hall–Kier alpha value is -1.35. The minimum Gasteiger partial charge on any atom is -0.466 e. The topological polar surface area (TPSA) is 29.5 Å². The quantitative estimate of drug-likeness (QED) is 0.793. The van der Waals surface area contributed by atoms with Crippen molar-refractivity contribution in [1.82, 2.24) is 4.90 Å². The number of ether oxygens (including phenoxy) is 1. The molecule has 4 unspecified atom stereocenters. The van der Waals surface area contributed by atoms with Crippen molar-refractivity contribution in [3.8, 4) is 0 Å². The lowest BCUT2D eigenvalue weighted by molar-refractivity contribution is -0.152. The third kappa shape index (κ3) is 2.24. The normalized spacial score (nSPS) is 33.1. The molecule has 0 saturated carbocycles. The molecule has 20 heavy (non-hydrogen) atoms. The molecule has 3 rings (SSSR count). The highest BCUT2D eigenvalue weighted by Crippen LogP contribution is 2.46. The summed E-state index contributed by atoms with van der Waals surface area (Å²) < 4.78 is 5.37. The van der Waals surface area contributed by atoms with Gasteiger partial charge in [0.25, 0.3) is 0 Å². The molecule has 2 saturated heterocycles. The monoisotopic (exact) mass is 273 g/mol. The predicted molar refractivity (Wildman–Crippen MR) is 78.5 cm³/mol. The Kier molecular flexibility index (Phi) is 3.79. The summed E-state index contributed by atoms with van der Waals surface area (Å²) in [6, 6.07) is 11.4. The number of carbonyl (C=O) groups excluding carboxylic acids is 1. The number of rotatable bonds is 3. The summed E-state index contributed by atoms with van der Waals surface area (Å²) in [5.74, 6) is 0.281. The van der Waals surface area contributed by atoms with E-state index in [2.05, 4.69) is 36.2 Å². The molecule has 0 radical (unpaired) electrons. The van der Waals surface area contributed by atoms with Crippen LogP contribution in [0.1, 0.15) is 37.7 Å². The highest BCUT2D eigenvalue weighted by Gasteiger charge is 2.49. The van der Waals surface area contributed by atoms with Gasteiger partial charge in [0, 0.05) is 18.0 Å². The second-order valence-electron chi connectivity index (χ2n) is 5.99. The number of esters is 1. The number of piperidine rings is 1. The van der Waals surface area contributed by atoms with Crippen LogP contribution in [-0.4, -0.2) is 36.6 Å². The Balaban J connectivity index is 1.92. The maximum atomic E-state index is 12.5. The van der Waals surface area contributed by atoms with Gasteiger partial charge in [-0.3, -0.25) is 9.69 Å². The second-order valence-corrected chi connectivity index (χ2v) is 5.99. The van der Waals surface area contributed by atoms with Crippen LogP contribution in [0.25, 0.3) is 0 Å². The van der Waals surface area contributed by atoms with Crippen molar-refractivity contribution in [2.75, 3.05) is 13.7 Å². The molecule has 2 aliphatic rings. The zero-order valence-electron chi connectivity index (χ0n) is 12.3. The number of carbonyl (C=O) groups is 1. The summed E-state index contributed by atoms with van der Waals surface area (Å²) in [4.78, 5) is 14.9. The number of hydrogen-bond acceptors (Lipinski definition) is 3. The molecule has 2 fully saturated rings. The molecule has 2 bridgehead atoms. The molecule has 108 valence electrons. The molecule has 1 aromatic rings. The van der Waals surface area contributed by atoms with Crippen LogP contribution < -0.4 is 0 Å². The smallest absolute Gasteiger partial charge is 0.311 e. The van der Waals surface area contributed by atoms with Crippen molar-refractivity contribution >= 4 is 5.97 Å². The van der Waals surface area contributed by atoms with E-state index in [0.29, 0.717) is 24.6 Å². The first-order valence-electron chi connectivity index (χ1n) is 7.66. The lowest BCUT2D eigenvalue weighted by atomic mass is 9.76. The van der Waals surface area contributed by atoms with Crippen molar-refractivity contribution in [2.24, 2.45) is 5.92 Å². The second kappa shape index (κ2) is 5.57. The molecule has 3 heteroatoms. The summed E-state index contributed by atoms with van der Waals surface area (Å²) in [7, 11) is 2.16. The van der Waals surface area contributed by atoms with Gasteiger partial charge in [0.2, 0.25) is 0 Å². The van der Waals surface area contributed by atoms with Crippen LogP contribution in [0, 0.1) is 5.92 Å². The fourth-order valence-electron chi connectivity index (χ4n) is 4.07. The van der Waals surface area contributed by atoms with Crippen molar-refractivity contribution < 1.29 is 9.53 Å². The summed E-state index contributed by atoms with van der Waals surface area (Å²) in [6.45, 7) is 2.36. The standard InChI is InChI=1S/C17H23NO2/c1-3-20-17(19)16-14(12-7-5-4-6-8-12)11-13-9-10-15(16)18(13)2/h4-8,13-16H,3,9-11H2,1-2H3. The third-order valence-corrected chi connectivity index (χ3v) is 5.06. The lowest BCUT2D eigenvalue weighted by Gasteiger charge is -2.41. The molecule has 1 aromatic carbocycles. The van der Waals surface area contributed by atoms with E-state index in [0.717, 1.165) is 12.8 Å². The van der Waals surface area contributed by atoms with Crippen LogP contribution in [0.5, 0.6) is 0 Å². The minimum absolute atomic E-state index is 0.0129. The van der Waals surface area contributed by atoms with Crippen LogP contribution in [0.4, 0.5) is 0 Å². The van der Waals surface area contributed by atoms with Crippen LogP contribution in [0.2, 0.25) is 0 Å². The predicted octanol–water partition coefficient (Wildman–Crippen LogP) is 2.82. The third-order valence-electron chi connectivity index (χ3n) is 5.06. The van der Waals surface area contributed by atoms with Crippen LogP contribution in [0.3, 0.4) is 0 Å². The van der Waals surface area contributed by atoms with E-state index in [9.17, 15) is 4.79 Å². The average molecular weight is 273 g/mol. The maximum absolute atomic E-state index is 12.5. The summed E-state index contributed by atoms with van der Waals surface area (Å²) in [5.41, 5.74) is 1.29. The van der Waals surface area contributed by atoms with E-state index in [1.54, 1.807) is 0 Å². The lowest BCUT2D eigenvalue weighted by Crippen LogP contribution is -2.49. The fraction of sp³-hybridized carbons (Fsp3) is 0.588. The van der Waals surface area contributed by atoms with E-state index >= 15 is 0 Å². The van der Waals surface area contributed by atoms with Crippen molar-refractivity contribution in [3.05, 3.63) is 35.9 Å². The summed E-state index contributed by atoms with van der Waals surface area (Å²) >= 11 is 0. The Morgan fingerprint density at radius 1 is 1.30 bits per heavy atom. The zero-order chi connectivity index (χ0) is 14.1. The highest BCUT2D eigenvalue weighted by molar-refractivity contribution is 5.75. The van der Waals surface area contributed by atoms with Gasteiger partial charge in [0.1, 0.15) is 0 Å². The van der Waals surface area contributed by atoms with Gasteiger partial charge in [-0.05, 0) is 38.8 Å². The highest BCUT2D eigenvalue weighted by atomic mass is 16.5. The summed E-state index contributed by atoms with van der Waals surface area (Å²) in [6.07, 6.45) is 3.40. The van der Waals surface area contributed by atoms with Gasteiger partial charge in [0.15, 0.2) is 0 Å². The molecule has 2 aliphatic heterocycles.